The monoisotopic (exact) mass is 343 g/mol. The van der Waals surface area contributed by atoms with E-state index in [4.69, 9.17) is 9.47 Å². The molecular weight excluding hydrogens is 310 g/mol. The summed E-state index contributed by atoms with van der Waals surface area (Å²) in [5, 5.41) is 12.3. The van der Waals surface area contributed by atoms with E-state index in [0.29, 0.717) is 32.8 Å². The Balaban J connectivity index is 3.78. The molecular formula is C16H33N5O3. The second-order valence-electron chi connectivity index (χ2n) is 5.22. The topological polar surface area (TPSA) is 96.3 Å². The quantitative estimate of drug-likeness (QED) is 0.159. The summed E-state index contributed by atoms with van der Waals surface area (Å²) in [5.41, 5.74) is 0.879. The van der Waals surface area contributed by atoms with Crippen molar-refractivity contribution in [1.82, 2.24) is 16.0 Å². The van der Waals surface area contributed by atoms with Gasteiger partial charge in [-0.2, -0.15) is 4.91 Å². The molecule has 1 unspecified atom stereocenters. The van der Waals surface area contributed by atoms with Gasteiger partial charge in [0.1, 0.15) is 0 Å². The van der Waals surface area contributed by atoms with Crippen LogP contribution in [0.5, 0.6) is 0 Å². The maximum Gasteiger partial charge on any atom is 0.162 e. The van der Waals surface area contributed by atoms with Gasteiger partial charge in [-0.1, -0.05) is 12.1 Å². The molecule has 0 fully saturated rings. The fourth-order valence-electron chi connectivity index (χ4n) is 1.72. The van der Waals surface area contributed by atoms with Crippen LogP contribution in [-0.4, -0.2) is 65.3 Å². The number of aliphatic imine (C=N–C) groups is 1. The summed E-state index contributed by atoms with van der Waals surface area (Å²) < 4.78 is 10.8. The van der Waals surface area contributed by atoms with Crippen LogP contribution in [0.25, 0.3) is 0 Å². The van der Waals surface area contributed by atoms with Crippen LogP contribution in [0.2, 0.25) is 0 Å². The Hall–Kier alpha value is -1.31. The Morgan fingerprint density at radius 3 is 2.58 bits per heavy atom. The minimum Gasteiger partial charge on any atom is -0.381 e. The zero-order chi connectivity index (χ0) is 17.9. The molecule has 0 aliphatic rings. The fourth-order valence-corrected chi connectivity index (χ4v) is 1.72. The molecule has 0 saturated heterocycles. The van der Waals surface area contributed by atoms with E-state index < -0.39 is 0 Å². The van der Waals surface area contributed by atoms with E-state index in [9.17, 15) is 4.91 Å². The maximum absolute atomic E-state index is 9.91. The fraction of sp³-hybridized carbons (Fsp3) is 0.875. The summed E-state index contributed by atoms with van der Waals surface area (Å²) in [6.45, 7) is 8.58. The van der Waals surface area contributed by atoms with Crippen LogP contribution in [0.15, 0.2) is 15.9 Å². The number of nitrogens with one attached hydrogen (secondary N) is 3. The van der Waals surface area contributed by atoms with Gasteiger partial charge in [-0.15, -0.1) is 0 Å². The first-order valence-corrected chi connectivity index (χ1v) is 8.63. The van der Waals surface area contributed by atoms with Gasteiger partial charge in [0.25, 0.3) is 0 Å². The molecule has 0 aromatic rings. The van der Waals surface area contributed by atoms with Crippen LogP contribution in [0.4, 0.5) is 0 Å². The lowest BCUT2D eigenvalue weighted by molar-refractivity contribution is 0.130. The van der Waals surface area contributed by atoms with E-state index >= 15 is 0 Å². The SMILES string of the molecule is CCCOCCNC(C)=C=NC(NC)NCCCOCCCN=O. The van der Waals surface area contributed by atoms with Crippen LogP contribution in [0.3, 0.4) is 0 Å². The van der Waals surface area contributed by atoms with E-state index in [1.165, 1.54) is 0 Å². The van der Waals surface area contributed by atoms with Gasteiger partial charge in [-0.25, -0.2) is 4.99 Å². The Labute approximate surface area is 145 Å². The van der Waals surface area contributed by atoms with E-state index in [1.54, 1.807) is 0 Å². The van der Waals surface area contributed by atoms with Gasteiger partial charge in [0, 0.05) is 38.8 Å². The molecule has 1 atom stereocenters. The van der Waals surface area contributed by atoms with Crippen molar-refractivity contribution in [2.24, 2.45) is 10.2 Å². The zero-order valence-corrected chi connectivity index (χ0v) is 15.3. The van der Waals surface area contributed by atoms with Crippen molar-refractivity contribution in [2.75, 3.05) is 53.1 Å². The van der Waals surface area contributed by atoms with E-state index in [2.05, 4.69) is 38.9 Å². The third kappa shape index (κ3) is 15.6. The lowest BCUT2D eigenvalue weighted by Crippen LogP contribution is -2.39. The second kappa shape index (κ2) is 18.0. The van der Waals surface area contributed by atoms with E-state index in [0.717, 1.165) is 38.2 Å². The molecule has 3 N–H and O–H groups in total. The molecule has 0 spiro atoms. The number of ether oxygens (including phenoxy) is 2. The molecule has 0 heterocycles. The van der Waals surface area contributed by atoms with Crippen molar-refractivity contribution in [2.45, 2.75) is 39.4 Å². The number of hydrogen-bond donors (Lipinski definition) is 3. The highest BCUT2D eigenvalue weighted by Gasteiger charge is 2.00. The van der Waals surface area contributed by atoms with Crippen LogP contribution < -0.4 is 16.0 Å². The minimum atomic E-state index is -0.183. The number of hydrogen-bond acceptors (Lipinski definition) is 8. The number of nitroso groups, excluding NO2 is 1. The summed E-state index contributed by atoms with van der Waals surface area (Å²) in [7, 11) is 1.84. The van der Waals surface area contributed by atoms with Gasteiger partial charge >= 0.3 is 0 Å². The average molecular weight is 343 g/mol. The normalized spacial score (nSPS) is 11.6. The van der Waals surface area contributed by atoms with Gasteiger partial charge in [-0.3, -0.25) is 10.6 Å². The smallest absolute Gasteiger partial charge is 0.162 e. The molecule has 0 bridgehead atoms. The first kappa shape index (κ1) is 22.7. The average Bonchev–Trinajstić information content (AvgIpc) is 2.59. The zero-order valence-electron chi connectivity index (χ0n) is 15.3. The molecule has 0 aromatic carbocycles. The Bertz CT molecular complexity index is 360. The lowest BCUT2D eigenvalue weighted by Gasteiger charge is -2.12. The van der Waals surface area contributed by atoms with Crippen molar-refractivity contribution in [3.8, 4) is 0 Å². The molecule has 0 amide bonds. The number of rotatable bonds is 17. The second-order valence-corrected chi connectivity index (χ2v) is 5.22. The van der Waals surface area contributed by atoms with Gasteiger partial charge in [0.15, 0.2) is 6.29 Å². The van der Waals surface area contributed by atoms with Crippen molar-refractivity contribution in [3.63, 3.8) is 0 Å². The van der Waals surface area contributed by atoms with Crippen molar-refractivity contribution in [3.05, 3.63) is 10.6 Å². The summed E-state index contributed by atoms with van der Waals surface area (Å²) in [5.74, 6) is 2.98. The Kier molecular flexibility index (Phi) is 17.1. The Morgan fingerprint density at radius 1 is 1.12 bits per heavy atom. The van der Waals surface area contributed by atoms with Crippen LogP contribution in [-0.2, 0) is 9.47 Å². The minimum absolute atomic E-state index is 0.183. The van der Waals surface area contributed by atoms with Crippen molar-refractivity contribution < 1.29 is 9.47 Å². The summed E-state index contributed by atoms with van der Waals surface area (Å²) in [6, 6.07) is 0. The third-order valence-corrected chi connectivity index (χ3v) is 2.96. The standard InChI is InChI=1S/C16H33N5O3/c1-4-10-23-13-9-18-15(2)14-20-16(17-3)19-7-5-11-24-12-6-8-21-22/h16-19H,4-13H2,1-3H3. The first-order valence-electron chi connectivity index (χ1n) is 8.63. The first-order chi connectivity index (χ1) is 11.7. The van der Waals surface area contributed by atoms with Crippen molar-refractivity contribution in [1.29, 1.82) is 0 Å². The molecule has 0 rings (SSSR count). The van der Waals surface area contributed by atoms with Gasteiger partial charge < -0.3 is 14.8 Å². The summed E-state index contributed by atoms with van der Waals surface area (Å²) >= 11 is 0. The number of allylic oxidation sites excluding steroid dienone is 1. The predicted octanol–water partition coefficient (Wildman–Crippen LogP) is 1.23. The van der Waals surface area contributed by atoms with E-state index in [-0.39, 0.29) is 6.29 Å². The maximum atomic E-state index is 9.91. The van der Waals surface area contributed by atoms with Crippen LogP contribution in [0.1, 0.15) is 33.1 Å². The van der Waals surface area contributed by atoms with Crippen molar-refractivity contribution >= 4 is 5.87 Å². The van der Waals surface area contributed by atoms with E-state index in [1.807, 2.05) is 14.0 Å². The van der Waals surface area contributed by atoms with Gasteiger partial charge in [-0.05, 0) is 33.2 Å². The van der Waals surface area contributed by atoms with Gasteiger partial charge in [0.05, 0.1) is 18.8 Å². The molecule has 0 radical (unpaired) electrons. The summed E-state index contributed by atoms with van der Waals surface area (Å²) in [6.07, 6.45) is 2.41. The predicted molar refractivity (Wildman–Crippen MR) is 97.3 cm³/mol. The van der Waals surface area contributed by atoms with Crippen LogP contribution >= 0.6 is 0 Å². The number of nitrogens with zero attached hydrogens (tertiary/aromatic N) is 2. The molecule has 140 valence electrons. The largest absolute Gasteiger partial charge is 0.381 e. The highest BCUT2D eigenvalue weighted by Crippen LogP contribution is 1.88. The molecule has 0 aliphatic heterocycles. The molecule has 8 nitrogen and oxygen atoms in total. The molecule has 0 aliphatic carbocycles. The van der Waals surface area contributed by atoms with Crippen LogP contribution in [0, 0.1) is 4.91 Å². The third-order valence-electron chi connectivity index (χ3n) is 2.96. The highest BCUT2D eigenvalue weighted by molar-refractivity contribution is 5.56. The Morgan fingerprint density at radius 2 is 1.88 bits per heavy atom. The lowest BCUT2D eigenvalue weighted by atomic mass is 10.4. The highest BCUT2D eigenvalue weighted by atomic mass is 16.5. The molecule has 0 saturated carbocycles. The van der Waals surface area contributed by atoms with Gasteiger partial charge in [0.2, 0.25) is 0 Å². The molecule has 8 heteroatoms. The molecule has 0 aromatic heterocycles. The molecule has 24 heavy (non-hydrogen) atoms. The summed E-state index contributed by atoms with van der Waals surface area (Å²) in [4.78, 5) is 14.2.